The van der Waals surface area contributed by atoms with Gasteiger partial charge in [0, 0.05) is 70.8 Å². The quantitative estimate of drug-likeness (QED) is 0.644. The van der Waals surface area contributed by atoms with Crippen LogP contribution in [0.1, 0.15) is 32.3 Å². The number of aromatic nitrogens is 1. The van der Waals surface area contributed by atoms with Gasteiger partial charge in [-0.1, -0.05) is 24.3 Å². The summed E-state index contributed by atoms with van der Waals surface area (Å²) in [6, 6.07) is 13.2. The van der Waals surface area contributed by atoms with Gasteiger partial charge >= 0.3 is 0 Å². The van der Waals surface area contributed by atoms with Crippen LogP contribution in [0.4, 0.5) is 5.82 Å². The third-order valence-corrected chi connectivity index (χ3v) is 7.13. The van der Waals surface area contributed by atoms with Gasteiger partial charge in [0.15, 0.2) is 0 Å². The first-order chi connectivity index (χ1) is 16.0. The highest BCUT2D eigenvalue weighted by molar-refractivity contribution is 5.79. The zero-order valence-corrected chi connectivity index (χ0v) is 20.4. The molecule has 4 rings (SSSR count). The minimum Gasteiger partial charge on any atom is -0.384 e. The lowest BCUT2D eigenvalue weighted by Crippen LogP contribution is -2.49. The lowest BCUT2D eigenvalue weighted by Gasteiger charge is -2.37. The molecule has 33 heavy (non-hydrogen) atoms. The Labute approximate surface area is 198 Å². The summed E-state index contributed by atoms with van der Waals surface area (Å²) in [6.07, 6.45) is 4.51. The molecule has 0 radical (unpaired) electrons. The fourth-order valence-corrected chi connectivity index (χ4v) is 4.90. The number of ether oxygens (including phenoxy) is 1. The van der Waals surface area contributed by atoms with E-state index >= 15 is 0 Å². The Bertz CT molecular complexity index is 881. The Hall–Kier alpha value is -2.44. The normalized spacial score (nSPS) is 18.2. The maximum absolute atomic E-state index is 12.7. The number of amides is 1. The highest BCUT2D eigenvalue weighted by atomic mass is 16.5. The number of methoxy groups -OCH3 is 1. The molecule has 6 nitrogen and oxygen atoms in total. The van der Waals surface area contributed by atoms with Crippen LogP contribution in [-0.2, 0) is 16.0 Å². The highest BCUT2D eigenvalue weighted by Crippen LogP contribution is 2.23. The molecule has 2 fully saturated rings. The molecular weight excluding hydrogens is 412 g/mol. The molecule has 1 amide bonds. The molecule has 0 unspecified atom stereocenters. The van der Waals surface area contributed by atoms with Crippen LogP contribution >= 0.6 is 0 Å². The van der Waals surface area contributed by atoms with Gasteiger partial charge in [0.2, 0.25) is 5.91 Å². The van der Waals surface area contributed by atoms with Crippen LogP contribution in [0.2, 0.25) is 0 Å². The highest BCUT2D eigenvalue weighted by Gasteiger charge is 2.23. The Morgan fingerprint density at radius 3 is 2.21 bits per heavy atom. The number of anilines is 1. The number of piperidine rings is 1. The van der Waals surface area contributed by atoms with Crippen LogP contribution in [0, 0.1) is 5.92 Å². The van der Waals surface area contributed by atoms with Crippen molar-refractivity contribution in [3.8, 4) is 11.1 Å². The fraction of sp³-hybridized carbons (Fsp3) is 0.556. The third kappa shape index (κ3) is 6.12. The molecule has 0 aliphatic carbocycles. The molecular formula is C27H38N4O2. The Morgan fingerprint density at radius 1 is 0.970 bits per heavy atom. The molecule has 2 aromatic rings. The number of benzene rings is 1. The SMILES string of the molecule is COCC1CCN(C(=O)Cc2ccc(-c3ccc(N4CCN(C(C)C)CC4)nc3)cc2)CC1. The maximum Gasteiger partial charge on any atom is 0.226 e. The van der Waals surface area contributed by atoms with Crippen molar-refractivity contribution in [2.75, 3.05) is 57.9 Å². The van der Waals surface area contributed by atoms with Crippen molar-refractivity contribution in [2.24, 2.45) is 5.92 Å². The average molecular weight is 451 g/mol. The fourth-order valence-electron chi connectivity index (χ4n) is 4.90. The molecule has 0 bridgehead atoms. The van der Waals surface area contributed by atoms with Gasteiger partial charge in [0.25, 0.3) is 0 Å². The van der Waals surface area contributed by atoms with Gasteiger partial charge in [-0.05, 0) is 55.9 Å². The van der Waals surface area contributed by atoms with Crippen molar-refractivity contribution in [1.82, 2.24) is 14.8 Å². The van der Waals surface area contributed by atoms with Crippen LogP contribution < -0.4 is 4.90 Å². The third-order valence-electron chi connectivity index (χ3n) is 7.13. The van der Waals surface area contributed by atoms with Crippen LogP contribution in [0.5, 0.6) is 0 Å². The van der Waals surface area contributed by atoms with Gasteiger partial charge in [0.1, 0.15) is 5.82 Å². The summed E-state index contributed by atoms with van der Waals surface area (Å²) in [5, 5.41) is 0. The Balaban J connectivity index is 1.30. The smallest absolute Gasteiger partial charge is 0.226 e. The van der Waals surface area contributed by atoms with Crippen LogP contribution in [-0.4, -0.2) is 79.7 Å². The predicted octanol–water partition coefficient (Wildman–Crippen LogP) is 3.71. The zero-order valence-electron chi connectivity index (χ0n) is 20.4. The van der Waals surface area contributed by atoms with Crippen molar-refractivity contribution in [3.63, 3.8) is 0 Å². The van der Waals surface area contributed by atoms with E-state index in [0.29, 0.717) is 18.4 Å². The molecule has 0 saturated carbocycles. The molecule has 0 spiro atoms. The summed E-state index contributed by atoms with van der Waals surface area (Å²) in [5.41, 5.74) is 3.31. The number of hydrogen-bond acceptors (Lipinski definition) is 5. The molecule has 6 heteroatoms. The molecule has 178 valence electrons. The molecule has 1 aromatic heterocycles. The largest absolute Gasteiger partial charge is 0.384 e. The van der Waals surface area contributed by atoms with Gasteiger partial charge in [0.05, 0.1) is 6.42 Å². The first-order valence-corrected chi connectivity index (χ1v) is 12.3. The van der Waals surface area contributed by atoms with E-state index in [0.717, 1.165) is 81.2 Å². The van der Waals surface area contributed by atoms with Crippen LogP contribution in [0.3, 0.4) is 0 Å². The number of pyridine rings is 1. The number of likely N-dealkylation sites (tertiary alicyclic amines) is 1. The predicted molar refractivity (Wildman–Crippen MR) is 133 cm³/mol. The summed E-state index contributed by atoms with van der Waals surface area (Å²) >= 11 is 0. The summed E-state index contributed by atoms with van der Waals surface area (Å²) < 4.78 is 5.26. The van der Waals surface area contributed by atoms with E-state index in [2.05, 4.69) is 60.0 Å². The van der Waals surface area contributed by atoms with Gasteiger partial charge in [-0.25, -0.2) is 4.98 Å². The van der Waals surface area contributed by atoms with Crippen LogP contribution in [0.15, 0.2) is 42.6 Å². The second-order valence-electron chi connectivity index (χ2n) is 9.68. The number of carbonyl (C=O) groups excluding carboxylic acids is 1. The molecule has 2 saturated heterocycles. The standard InChI is InChI=1S/C27H38N4O2/c1-21(2)29-14-16-30(17-15-29)26-9-8-25(19-28-26)24-6-4-22(5-7-24)18-27(32)31-12-10-23(11-13-31)20-33-3/h4-9,19,21,23H,10-18,20H2,1-3H3. The van der Waals surface area contributed by atoms with E-state index in [-0.39, 0.29) is 5.91 Å². The molecule has 0 atom stereocenters. The second-order valence-corrected chi connectivity index (χ2v) is 9.68. The van der Waals surface area contributed by atoms with Gasteiger partial charge in [-0.15, -0.1) is 0 Å². The lowest BCUT2D eigenvalue weighted by atomic mass is 9.97. The van der Waals surface area contributed by atoms with Crippen LogP contribution in [0.25, 0.3) is 11.1 Å². The monoisotopic (exact) mass is 450 g/mol. The lowest BCUT2D eigenvalue weighted by molar-refractivity contribution is -0.132. The van der Waals surface area contributed by atoms with E-state index in [4.69, 9.17) is 9.72 Å². The summed E-state index contributed by atoms with van der Waals surface area (Å²) in [4.78, 5) is 24.3. The maximum atomic E-state index is 12.7. The first kappa shape index (κ1) is 23.7. The van der Waals surface area contributed by atoms with Crippen molar-refractivity contribution in [1.29, 1.82) is 0 Å². The second kappa shape index (κ2) is 11.1. The minimum atomic E-state index is 0.224. The molecule has 0 N–H and O–H groups in total. The van der Waals surface area contributed by atoms with Crippen molar-refractivity contribution < 1.29 is 9.53 Å². The van der Waals surface area contributed by atoms with Crippen molar-refractivity contribution >= 4 is 11.7 Å². The Kier molecular flexibility index (Phi) is 7.99. The summed E-state index contributed by atoms with van der Waals surface area (Å²) in [6.45, 7) is 11.2. The molecule has 2 aliphatic rings. The minimum absolute atomic E-state index is 0.224. The summed E-state index contributed by atoms with van der Waals surface area (Å²) in [7, 11) is 1.75. The molecule has 3 heterocycles. The Morgan fingerprint density at radius 2 is 1.64 bits per heavy atom. The average Bonchev–Trinajstić information content (AvgIpc) is 2.85. The first-order valence-electron chi connectivity index (χ1n) is 12.3. The van der Waals surface area contributed by atoms with Crippen molar-refractivity contribution in [2.45, 2.75) is 39.2 Å². The van der Waals surface area contributed by atoms with E-state index in [9.17, 15) is 4.79 Å². The van der Waals surface area contributed by atoms with Crippen molar-refractivity contribution in [3.05, 3.63) is 48.2 Å². The number of carbonyl (C=O) groups is 1. The zero-order chi connectivity index (χ0) is 23.2. The number of nitrogens with zero attached hydrogens (tertiary/aromatic N) is 4. The van der Waals surface area contributed by atoms with Gasteiger partial charge in [-0.2, -0.15) is 0 Å². The van der Waals surface area contributed by atoms with Gasteiger partial charge < -0.3 is 14.5 Å². The number of rotatable bonds is 7. The number of hydrogen-bond donors (Lipinski definition) is 0. The summed E-state index contributed by atoms with van der Waals surface area (Å²) in [5.74, 6) is 1.86. The van der Waals surface area contributed by atoms with E-state index in [1.807, 2.05) is 11.1 Å². The number of piperazine rings is 1. The van der Waals surface area contributed by atoms with Gasteiger partial charge in [-0.3, -0.25) is 9.69 Å². The molecule has 2 aliphatic heterocycles. The van der Waals surface area contributed by atoms with E-state index in [1.54, 1.807) is 7.11 Å². The van der Waals surface area contributed by atoms with E-state index in [1.165, 1.54) is 0 Å². The topological polar surface area (TPSA) is 48.9 Å². The van der Waals surface area contributed by atoms with E-state index < -0.39 is 0 Å². The molecule has 1 aromatic carbocycles.